The van der Waals surface area contributed by atoms with E-state index < -0.39 is 0 Å². The molecule has 0 bridgehead atoms. The average Bonchev–Trinajstić information content (AvgIpc) is 3.02. The van der Waals surface area contributed by atoms with Crippen LogP contribution in [0.5, 0.6) is 0 Å². The first-order valence-electron chi connectivity index (χ1n) is 6.03. The van der Waals surface area contributed by atoms with Crippen LogP contribution >= 0.6 is 11.3 Å². The second-order valence-corrected chi connectivity index (χ2v) is 5.10. The molecule has 3 heterocycles. The van der Waals surface area contributed by atoms with Gasteiger partial charge in [-0.15, -0.1) is 11.3 Å². The zero-order valence-corrected chi connectivity index (χ0v) is 11.1. The maximum Gasteiger partial charge on any atom is 0.225 e. The van der Waals surface area contributed by atoms with E-state index in [0.717, 1.165) is 37.6 Å². The minimum Gasteiger partial charge on any atom is -0.345 e. The number of aromatic nitrogens is 3. The van der Waals surface area contributed by atoms with Gasteiger partial charge in [-0.1, -0.05) is 0 Å². The highest BCUT2D eigenvalue weighted by Crippen LogP contribution is 2.20. The van der Waals surface area contributed by atoms with Crippen molar-refractivity contribution < 1.29 is 4.79 Å². The van der Waals surface area contributed by atoms with Gasteiger partial charge in [-0.25, -0.2) is 15.0 Å². The van der Waals surface area contributed by atoms with Crippen molar-refractivity contribution in [3.05, 3.63) is 29.5 Å². The topological polar surface area (TPSA) is 62.2 Å². The van der Waals surface area contributed by atoms with Gasteiger partial charge in [0.2, 0.25) is 5.95 Å². The van der Waals surface area contributed by atoms with Crippen molar-refractivity contribution in [3.8, 4) is 0 Å². The molecule has 98 valence electrons. The third-order valence-corrected chi connectivity index (χ3v) is 3.88. The SMILES string of the molecule is O=Cc1cnc(N2CCN(c3nccs3)CC2)nc1. The molecular formula is C12H13N5OS. The number of rotatable bonds is 3. The summed E-state index contributed by atoms with van der Waals surface area (Å²) in [5.41, 5.74) is 0.505. The quantitative estimate of drug-likeness (QED) is 0.781. The van der Waals surface area contributed by atoms with Gasteiger partial charge in [0.1, 0.15) is 0 Å². The summed E-state index contributed by atoms with van der Waals surface area (Å²) in [5.74, 6) is 0.685. The lowest BCUT2D eigenvalue weighted by atomic mass is 10.3. The van der Waals surface area contributed by atoms with Crippen molar-refractivity contribution in [1.29, 1.82) is 0 Å². The second-order valence-electron chi connectivity index (χ2n) is 4.22. The first-order chi connectivity index (χ1) is 9.36. The summed E-state index contributed by atoms with van der Waals surface area (Å²) < 4.78 is 0. The van der Waals surface area contributed by atoms with Gasteiger partial charge < -0.3 is 9.80 Å². The van der Waals surface area contributed by atoms with Crippen LogP contribution in [0.1, 0.15) is 10.4 Å². The van der Waals surface area contributed by atoms with Crippen molar-refractivity contribution in [3.63, 3.8) is 0 Å². The number of hydrogen-bond donors (Lipinski definition) is 0. The maximum atomic E-state index is 10.6. The smallest absolute Gasteiger partial charge is 0.225 e. The normalized spacial score (nSPS) is 15.6. The highest BCUT2D eigenvalue weighted by atomic mass is 32.1. The third-order valence-electron chi connectivity index (χ3n) is 3.05. The van der Waals surface area contributed by atoms with Crippen LogP contribution in [0.15, 0.2) is 24.0 Å². The Morgan fingerprint density at radius 2 is 1.74 bits per heavy atom. The van der Waals surface area contributed by atoms with Crippen LogP contribution in [0.3, 0.4) is 0 Å². The molecular weight excluding hydrogens is 262 g/mol. The number of carbonyl (C=O) groups excluding carboxylic acids is 1. The van der Waals surface area contributed by atoms with E-state index in [2.05, 4.69) is 24.8 Å². The molecule has 0 aliphatic carbocycles. The van der Waals surface area contributed by atoms with Gasteiger partial charge in [0, 0.05) is 50.1 Å². The van der Waals surface area contributed by atoms with Crippen LogP contribution < -0.4 is 9.80 Å². The highest BCUT2D eigenvalue weighted by Gasteiger charge is 2.20. The standard InChI is InChI=1S/C12H13N5OS/c18-9-10-7-14-11(15-8-10)16-2-4-17(5-3-16)12-13-1-6-19-12/h1,6-9H,2-5H2. The van der Waals surface area contributed by atoms with Crippen molar-refractivity contribution in [1.82, 2.24) is 15.0 Å². The lowest BCUT2D eigenvalue weighted by Crippen LogP contribution is -2.47. The number of carbonyl (C=O) groups is 1. The molecule has 3 rings (SSSR count). The van der Waals surface area contributed by atoms with Crippen LogP contribution in [0.25, 0.3) is 0 Å². The Hall–Kier alpha value is -2.02. The lowest BCUT2D eigenvalue weighted by Gasteiger charge is -2.34. The molecule has 2 aromatic rings. The molecule has 0 atom stereocenters. The van der Waals surface area contributed by atoms with Crippen molar-refractivity contribution in [2.75, 3.05) is 36.0 Å². The van der Waals surface area contributed by atoms with Crippen LogP contribution in [0.2, 0.25) is 0 Å². The fourth-order valence-electron chi connectivity index (χ4n) is 2.03. The first kappa shape index (κ1) is 12.0. The molecule has 2 aromatic heterocycles. The largest absolute Gasteiger partial charge is 0.345 e. The Kier molecular flexibility index (Phi) is 3.37. The van der Waals surface area contributed by atoms with Crippen LogP contribution in [0, 0.1) is 0 Å². The highest BCUT2D eigenvalue weighted by molar-refractivity contribution is 7.13. The Morgan fingerprint density at radius 3 is 2.32 bits per heavy atom. The molecule has 1 saturated heterocycles. The zero-order valence-electron chi connectivity index (χ0n) is 10.3. The fraction of sp³-hybridized carbons (Fsp3) is 0.333. The summed E-state index contributed by atoms with van der Waals surface area (Å²) in [6.07, 6.45) is 5.70. The van der Waals surface area contributed by atoms with Gasteiger partial charge in [0.15, 0.2) is 11.4 Å². The molecule has 1 fully saturated rings. The predicted octanol–water partition coefficient (Wildman–Crippen LogP) is 1.07. The van der Waals surface area contributed by atoms with E-state index in [0.29, 0.717) is 11.5 Å². The summed E-state index contributed by atoms with van der Waals surface area (Å²) in [6, 6.07) is 0. The molecule has 1 aliphatic rings. The van der Waals surface area contributed by atoms with E-state index in [1.165, 1.54) is 0 Å². The number of aldehydes is 1. The number of nitrogens with zero attached hydrogens (tertiary/aromatic N) is 5. The van der Waals surface area contributed by atoms with Crippen LogP contribution in [-0.2, 0) is 0 Å². The zero-order chi connectivity index (χ0) is 13.1. The van der Waals surface area contributed by atoms with Gasteiger partial charge in [-0.05, 0) is 0 Å². The lowest BCUT2D eigenvalue weighted by molar-refractivity contribution is 0.112. The van der Waals surface area contributed by atoms with E-state index in [1.54, 1.807) is 23.7 Å². The molecule has 0 saturated carbocycles. The minimum absolute atomic E-state index is 0.505. The molecule has 0 unspecified atom stereocenters. The van der Waals surface area contributed by atoms with E-state index in [-0.39, 0.29) is 0 Å². The summed E-state index contributed by atoms with van der Waals surface area (Å²) >= 11 is 1.66. The van der Waals surface area contributed by atoms with Crippen LogP contribution in [0.4, 0.5) is 11.1 Å². The molecule has 0 amide bonds. The first-order valence-corrected chi connectivity index (χ1v) is 6.91. The van der Waals surface area contributed by atoms with Gasteiger partial charge >= 0.3 is 0 Å². The number of piperazine rings is 1. The summed E-state index contributed by atoms with van der Waals surface area (Å²) in [5, 5.41) is 3.06. The Labute approximate surface area is 114 Å². The molecule has 7 heteroatoms. The molecule has 19 heavy (non-hydrogen) atoms. The average molecular weight is 275 g/mol. The number of anilines is 2. The number of thiazole rings is 1. The van der Waals surface area contributed by atoms with Gasteiger partial charge in [0.05, 0.1) is 5.56 Å². The predicted molar refractivity (Wildman–Crippen MR) is 74.0 cm³/mol. The summed E-state index contributed by atoms with van der Waals surface area (Å²) in [7, 11) is 0. The fourth-order valence-corrected chi connectivity index (χ4v) is 2.72. The van der Waals surface area contributed by atoms with Crippen molar-refractivity contribution in [2.45, 2.75) is 0 Å². The molecule has 1 aliphatic heterocycles. The molecule has 0 spiro atoms. The van der Waals surface area contributed by atoms with Gasteiger partial charge in [-0.2, -0.15) is 0 Å². The van der Waals surface area contributed by atoms with Crippen molar-refractivity contribution in [2.24, 2.45) is 0 Å². The van der Waals surface area contributed by atoms with Gasteiger partial charge in [0.25, 0.3) is 0 Å². The Morgan fingerprint density at radius 1 is 1.05 bits per heavy atom. The summed E-state index contributed by atoms with van der Waals surface area (Å²) in [4.78, 5) is 27.7. The Bertz CT molecular complexity index is 534. The molecule has 0 aromatic carbocycles. The molecule has 0 radical (unpaired) electrons. The van der Waals surface area contributed by atoms with Crippen molar-refractivity contribution >= 4 is 28.7 Å². The Balaban J connectivity index is 1.64. The van der Waals surface area contributed by atoms with Gasteiger partial charge in [-0.3, -0.25) is 4.79 Å². The second kappa shape index (κ2) is 5.31. The van der Waals surface area contributed by atoms with E-state index in [1.807, 2.05) is 11.6 Å². The molecule has 6 nitrogen and oxygen atoms in total. The summed E-state index contributed by atoms with van der Waals surface area (Å²) in [6.45, 7) is 3.54. The number of hydrogen-bond acceptors (Lipinski definition) is 7. The van der Waals surface area contributed by atoms with E-state index in [9.17, 15) is 4.79 Å². The third kappa shape index (κ3) is 2.55. The van der Waals surface area contributed by atoms with E-state index >= 15 is 0 Å². The monoisotopic (exact) mass is 275 g/mol. The molecule has 0 N–H and O–H groups in total. The maximum absolute atomic E-state index is 10.6. The van der Waals surface area contributed by atoms with E-state index in [4.69, 9.17) is 0 Å². The minimum atomic E-state index is 0.505. The van der Waals surface area contributed by atoms with Crippen LogP contribution in [-0.4, -0.2) is 47.4 Å².